The molecule has 6 nitrogen and oxygen atoms in total. The minimum absolute atomic E-state index is 0.0648. The number of aryl methyl sites for hydroxylation is 1. The number of unbranched alkanes of at least 4 members (excludes halogenated alkanes) is 1. The van der Waals surface area contributed by atoms with E-state index in [4.69, 9.17) is 0 Å². The predicted molar refractivity (Wildman–Crippen MR) is 108 cm³/mol. The van der Waals surface area contributed by atoms with Crippen LogP contribution < -0.4 is 20.4 Å². The molecule has 2 amide bonds. The third-order valence-corrected chi connectivity index (χ3v) is 5.50. The van der Waals surface area contributed by atoms with Crippen molar-refractivity contribution in [1.29, 1.82) is 0 Å². The molecule has 1 fully saturated rings. The molecule has 27 heavy (non-hydrogen) atoms. The van der Waals surface area contributed by atoms with Gasteiger partial charge in [-0.2, -0.15) is 0 Å². The Labute approximate surface area is 163 Å². The maximum absolute atomic E-state index is 12.6. The molecule has 0 bridgehead atoms. The normalized spacial score (nSPS) is 20.7. The van der Waals surface area contributed by atoms with Gasteiger partial charge in [-0.3, -0.25) is 9.59 Å². The van der Waals surface area contributed by atoms with Crippen molar-refractivity contribution in [3.63, 3.8) is 0 Å². The van der Waals surface area contributed by atoms with E-state index in [1.807, 2.05) is 19.1 Å². The number of carbonyl (C=O) groups excluding carboxylic acids is 2. The van der Waals surface area contributed by atoms with E-state index < -0.39 is 0 Å². The number of amides is 2. The van der Waals surface area contributed by atoms with Crippen LogP contribution in [0.1, 0.15) is 39.2 Å². The van der Waals surface area contributed by atoms with Crippen LogP contribution in [0.3, 0.4) is 0 Å². The number of hydrogen-bond acceptors (Lipinski definition) is 2. The fourth-order valence-electron chi connectivity index (χ4n) is 3.49. The number of nitrogens with one attached hydrogen (secondary N) is 4. The maximum Gasteiger partial charge on any atom is 0.282 e. The average molecular weight is 377 g/mol. The highest BCUT2D eigenvalue weighted by molar-refractivity contribution is 5.93. The summed E-state index contributed by atoms with van der Waals surface area (Å²) in [5.74, 6) is 0.207. The zero-order valence-corrected chi connectivity index (χ0v) is 17.1. The van der Waals surface area contributed by atoms with Crippen molar-refractivity contribution in [1.82, 2.24) is 5.32 Å². The van der Waals surface area contributed by atoms with E-state index >= 15 is 0 Å². The fraction of sp³-hybridized carbons (Fsp3) is 0.619. The predicted octanol–water partition coefficient (Wildman–Crippen LogP) is -0.724. The number of benzene rings is 1. The molecular formula is C21H36N4O2+2. The molecule has 1 heterocycles. The number of rotatable bonds is 9. The van der Waals surface area contributed by atoms with Crippen LogP contribution in [0.2, 0.25) is 0 Å². The van der Waals surface area contributed by atoms with Gasteiger partial charge in [-0.05, 0) is 37.5 Å². The minimum atomic E-state index is -0.0872. The lowest BCUT2D eigenvalue weighted by Crippen LogP contribution is -3.30. The van der Waals surface area contributed by atoms with Crippen LogP contribution in [0.5, 0.6) is 0 Å². The first-order chi connectivity index (χ1) is 13.0. The lowest BCUT2D eigenvalue weighted by molar-refractivity contribution is -1.01. The summed E-state index contributed by atoms with van der Waals surface area (Å²) in [6, 6.07) is 7.97. The smallest absolute Gasteiger partial charge is 0.282 e. The van der Waals surface area contributed by atoms with Crippen molar-refractivity contribution in [3.05, 3.63) is 29.8 Å². The summed E-state index contributed by atoms with van der Waals surface area (Å²) in [4.78, 5) is 27.1. The highest BCUT2D eigenvalue weighted by Crippen LogP contribution is 2.09. The van der Waals surface area contributed by atoms with Crippen molar-refractivity contribution >= 4 is 17.5 Å². The molecule has 1 aliphatic rings. The van der Waals surface area contributed by atoms with E-state index in [9.17, 15) is 9.59 Å². The third kappa shape index (κ3) is 6.96. The van der Waals surface area contributed by atoms with E-state index in [-0.39, 0.29) is 17.9 Å². The molecule has 0 aliphatic carbocycles. The standard InChI is InChI=1S/C21H34N4O2/c1-4-6-11-22-20(26)16-24-12-14-25(15-13-24)17(3)21(27)23-19-9-7-18(5-2)8-10-19/h7-10,17H,4-6,11-16H2,1-3H3,(H,22,26)(H,23,27)/p+2/t17-/m1/s1. The molecule has 0 unspecified atom stereocenters. The highest BCUT2D eigenvalue weighted by Gasteiger charge is 2.31. The minimum Gasteiger partial charge on any atom is -0.351 e. The molecule has 0 spiro atoms. The van der Waals surface area contributed by atoms with Crippen molar-refractivity contribution in [2.24, 2.45) is 0 Å². The summed E-state index contributed by atoms with van der Waals surface area (Å²) in [5.41, 5.74) is 2.13. The molecule has 1 aromatic rings. The second kappa shape index (κ2) is 11.0. The zero-order chi connectivity index (χ0) is 19.6. The van der Waals surface area contributed by atoms with E-state index in [1.54, 1.807) is 0 Å². The molecular weight excluding hydrogens is 340 g/mol. The Hall–Kier alpha value is -1.92. The second-order valence-electron chi connectivity index (χ2n) is 7.55. The van der Waals surface area contributed by atoms with Crippen LogP contribution in [0.4, 0.5) is 5.69 Å². The van der Waals surface area contributed by atoms with Gasteiger partial charge >= 0.3 is 0 Å². The molecule has 1 aromatic carbocycles. The first-order valence-electron chi connectivity index (χ1n) is 10.4. The molecule has 0 aromatic heterocycles. The lowest BCUT2D eigenvalue weighted by Gasteiger charge is -2.32. The third-order valence-electron chi connectivity index (χ3n) is 5.50. The number of hydrogen-bond donors (Lipinski definition) is 4. The first-order valence-corrected chi connectivity index (χ1v) is 10.4. The number of piperazine rings is 1. The molecule has 150 valence electrons. The largest absolute Gasteiger partial charge is 0.351 e. The van der Waals surface area contributed by atoms with Gasteiger partial charge in [0.15, 0.2) is 12.6 Å². The van der Waals surface area contributed by atoms with Gasteiger partial charge in [0.05, 0.1) is 0 Å². The van der Waals surface area contributed by atoms with Gasteiger partial charge in [0.25, 0.3) is 11.8 Å². The van der Waals surface area contributed by atoms with Gasteiger partial charge in [0.1, 0.15) is 26.2 Å². The molecule has 0 saturated carbocycles. The van der Waals surface area contributed by atoms with Gasteiger partial charge in [-0.15, -0.1) is 0 Å². The Morgan fingerprint density at radius 2 is 1.74 bits per heavy atom. The maximum atomic E-state index is 12.6. The molecule has 4 N–H and O–H groups in total. The quantitative estimate of drug-likeness (QED) is 0.430. The number of quaternary nitrogens is 2. The van der Waals surface area contributed by atoms with Crippen LogP contribution in [0.25, 0.3) is 0 Å². The highest BCUT2D eigenvalue weighted by atomic mass is 16.2. The van der Waals surface area contributed by atoms with Crippen LogP contribution in [0.15, 0.2) is 24.3 Å². The van der Waals surface area contributed by atoms with Gasteiger partial charge < -0.3 is 20.4 Å². The van der Waals surface area contributed by atoms with Crippen molar-refractivity contribution in [2.75, 3.05) is 44.6 Å². The fourth-order valence-corrected chi connectivity index (χ4v) is 3.49. The Bertz CT molecular complexity index is 595. The first kappa shape index (κ1) is 21.4. The summed E-state index contributed by atoms with van der Waals surface area (Å²) in [6.07, 6.45) is 3.13. The number of carbonyl (C=O) groups is 2. The molecule has 1 saturated heterocycles. The van der Waals surface area contributed by atoms with Gasteiger partial charge in [-0.25, -0.2) is 0 Å². The zero-order valence-electron chi connectivity index (χ0n) is 17.1. The summed E-state index contributed by atoms with van der Waals surface area (Å²) in [7, 11) is 0. The van der Waals surface area contributed by atoms with E-state index in [0.717, 1.165) is 57.7 Å². The van der Waals surface area contributed by atoms with Crippen molar-refractivity contribution in [2.45, 2.75) is 46.1 Å². The van der Waals surface area contributed by atoms with Gasteiger partial charge in [0.2, 0.25) is 0 Å². The lowest BCUT2D eigenvalue weighted by atomic mass is 10.1. The average Bonchev–Trinajstić information content (AvgIpc) is 2.68. The molecule has 0 radical (unpaired) electrons. The summed E-state index contributed by atoms with van der Waals surface area (Å²) in [5, 5.41) is 6.02. The Balaban J connectivity index is 1.73. The summed E-state index contributed by atoms with van der Waals surface area (Å²) >= 11 is 0. The van der Waals surface area contributed by atoms with Crippen LogP contribution in [-0.2, 0) is 16.0 Å². The Morgan fingerprint density at radius 1 is 1.07 bits per heavy atom. The topological polar surface area (TPSA) is 67.1 Å². The summed E-state index contributed by atoms with van der Waals surface area (Å²) < 4.78 is 0. The van der Waals surface area contributed by atoms with Gasteiger partial charge in [0, 0.05) is 12.2 Å². The molecule has 6 heteroatoms. The second-order valence-corrected chi connectivity index (χ2v) is 7.55. The van der Waals surface area contributed by atoms with Crippen LogP contribution in [-0.4, -0.2) is 57.1 Å². The molecule has 2 rings (SSSR count). The van der Waals surface area contributed by atoms with Crippen molar-refractivity contribution < 1.29 is 19.4 Å². The summed E-state index contributed by atoms with van der Waals surface area (Å²) in [6.45, 7) is 11.2. The van der Waals surface area contributed by atoms with Gasteiger partial charge in [-0.1, -0.05) is 32.4 Å². The molecule has 1 aliphatic heterocycles. The van der Waals surface area contributed by atoms with Crippen LogP contribution in [0, 0.1) is 0 Å². The monoisotopic (exact) mass is 376 g/mol. The molecule has 1 atom stereocenters. The van der Waals surface area contributed by atoms with E-state index in [0.29, 0.717) is 6.54 Å². The van der Waals surface area contributed by atoms with E-state index in [2.05, 4.69) is 36.6 Å². The Morgan fingerprint density at radius 3 is 2.33 bits per heavy atom. The van der Waals surface area contributed by atoms with E-state index in [1.165, 1.54) is 15.4 Å². The van der Waals surface area contributed by atoms with Crippen LogP contribution >= 0.6 is 0 Å². The Kier molecular flexibility index (Phi) is 8.75. The van der Waals surface area contributed by atoms with Crippen molar-refractivity contribution in [3.8, 4) is 0 Å². The SMILES string of the molecule is CCCCNC(=O)C[NH+]1CC[NH+]([C@H](C)C(=O)Nc2ccc(CC)cc2)CC1. The number of anilines is 1.